The lowest BCUT2D eigenvalue weighted by Gasteiger charge is -1.96. The first-order valence-corrected chi connectivity index (χ1v) is 2.34. The van der Waals surface area contributed by atoms with E-state index < -0.39 is 0 Å². The van der Waals surface area contributed by atoms with Crippen LogP contribution >= 0.6 is 25.8 Å². The molecule has 6 nitrogen and oxygen atoms in total. The summed E-state index contributed by atoms with van der Waals surface area (Å²) in [6, 6.07) is 0. The molecule has 0 aromatic rings. The SMILES string of the molecule is SOOOCOOOS. The van der Waals surface area contributed by atoms with Crippen molar-refractivity contribution in [3.63, 3.8) is 0 Å². The molecule has 0 saturated heterocycles. The highest BCUT2D eigenvalue weighted by Gasteiger charge is 1.87. The van der Waals surface area contributed by atoms with Crippen LogP contribution in [-0.2, 0) is 28.5 Å². The highest BCUT2D eigenvalue weighted by molar-refractivity contribution is 7.75. The molecule has 0 saturated carbocycles. The monoisotopic (exact) mass is 176 g/mol. The molecule has 9 heavy (non-hydrogen) atoms. The van der Waals surface area contributed by atoms with Crippen molar-refractivity contribution >= 4 is 25.8 Å². The summed E-state index contributed by atoms with van der Waals surface area (Å²) in [6.45, 7) is -0.332. The smallest absolute Gasteiger partial charge is 0.173 e. The molecule has 0 aliphatic heterocycles. The molecule has 0 bridgehead atoms. The molecule has 0 unspecified atom stereocenters. The molecule has 0 spiro atoms. The second kappa shape index (κ2) is 8.46. The summed E-state index contributed by atoms with van der Waals surface area (Å²) in [5.74, 6) is 0. The maximum atomic E-state index is 4.03. The Balaban J connectivity index is 2.60. The summed E-state index contributed by atoms with van der Waals surface area (Å²) < 4.78 is 7.40. The summed E-state index contributed by atoms with van der Waals surface area (Å²) in [7, 11) is 0. The van der Waals surface area contributed by atoms with Gasteiger partial charge in [-0.3, -0.25) is 0 Å². The number of thiol groups is 2. The molecule has 0 aliphatic carbocycles. The quantitative estimate of drug-likeness (QED) is 0.152. The first-order valence-electron chi connectivity index (χ1n) is 1.61. The predicted octanol–water partition coefficient (Wildman–Crippen LogP) is 0.393. The topological polar surface area (TPSA) is 55.4 Å². The maximum Gasteiger partial charge on any atom is 0.221 e. The van der Waals surface area contributed by atoms with Gasteiger partial charge in [-0.15, -0.1) is 8.67 Å². The Hall–Kier alpha value is 0.460. The molecule has 0 atom stereocenters. The molecule has 0 fully saturated rings. The van der Waals surface area contributed by atoms with Gasteiger partial charge >= 0.3 is 0 Å². The van der Waals surface area contributed by atoms with Gasteiger partial charge in [0.1, 0.15) is 0 Å². The molecule has 56 valence electrons. The van der Waals surface area contributed by atoms with Crippen molar-refractivity contribution in [2.24, 2.45) is 0 Å². The van der Waals surface area contributed by atoms with Crippen LogP contribution in [0.3, 0.4) is 0 Å². The molecule has 8 heteroatoms. The largest absolute Gasteiger partial charge is 0.221 e. The van der Waals surface area contributed by atoms with Crippen molar-refractivity contribution in [3.8, 4) is 0 Å². The zero-order valence-corrected chi connectivity index (χ0v) is 5.84. The third-order valence-corrected chi connectivity index (χ3v) is 0.375. The van der Waals surface area contributed by atoms with Gasteiger partial charge in [0.15, 0.2) is 0 Å². The molecule has 0 aliphatic rings. The zero-order valence-electron chi connectivity index (χ0n) is 4.05. The normalized spacial score (nSPS) is 10.0. The average Bonchev–Trinajstić information content (AvgIpc) is 1.89. The molecule has 0 N–H and O–H groups in total. The van der Waals surface area contributed by atoms with Crippen molar-refractivity contribution in [2.45, 2.75) is 0 Å². The van der Waals surface area contributed by atoms with Gasteiger partial charge in [0.05, 0.1) is 0 Å². The summed E-state index contributed by atoms with van der Waals surface area (Å²) >= 11 is 6.31. The van der Waals surface area contributed by atoms with Gasteiger partial charge in [-0.25, -0.2) is 0 Å². The Labute approximate surface area is 61.9 Å². The van der Waals surface area contributed by atoms with E-state index in [-0.39, 0.29) is 6.79 Å². The van der Waals surface area contributed by atoms with E-state index in [1.165, 1.54) is 0 Å². The van der Waals surface area contributed by atoms with Crippen molar-refractivity contribution in [2.75, 3.05) is 6.79 Å². The van der Waals surface area contributed by atoms with Crippen LogP contribution in [0.5, 0.6) is 0 Å². The van der Waals surface area contributed by atoms with E-state index in [0.717, 1.165) is 0 Å². The van der Waals surface area contributed by atoms with Crippen LogP contribution in [0.25, 0.3) is 0 Å². The van der Waals surface area contributed by atoms with Crippen molar-refractivity contribution < 1.29 is 28.5 Å². The Kier molecular flexibility index (Phi) is 8.89. The van der Waals surface area contributed by atoms with E-state index in [0.29, 0.717) is 0 Å². The molecule has 0 rings (SSSR count). The molecule has 0 heterocycles. The second-order valence-corrected chi connectivity index (χ2v) is 0.937. The second-order valence-electron chi connectivity index (χ2n) is 0.639. The van der Waals surface area contributed by atoms with Gasteiger partial charge in [-0.2, -0.15) is 9.78 Å². The Bertz CT molecular complexity index is 44.3. The third-order valence-electron chi connectivity index (χ3n) is 0.253. The molecule has 0 aromatic carbocycles. The van der Waals surface area contributed by atoms with Gasteiger partial charge in [0.25, 0.3) is 0 Å². The van der Waals surface area contributed by atoms with E-state index in [2.05, 4.69) is 54.3 Å². The van der Waals surface area contributed by atoms with Crippen LogP contribution in [0.4, 0.5) is 0 Å². The first kappa shape index (κ1) is 9.46. The van der Waals surface area contributed by atoms with Gasteiger partial charge in [0, 0.05) is 25.8 Å². The summed E-state index contributed by atoms with van der Waals surface area (Å²) in [5.41, 5.74) is 0. The Morgan fingerprint density at radius 2 is 1.33 bits per heavy atom. The van der Waals surface area contributed by atoms with E-state index >= 15 is 0 Å². The number of rotatable bonds is 6. The lowest BCUT2D eigenvalue weighted by molar-refractivity contribution is -0.548. The minimum atomic E-state index is -0.332. The maximum absolute atomic E-state index is 4.03. The minimum absolute atomic E-state index is 0.332. The van der Waals surface area contributed by atoms with Crippen molar-refractivity contribution in [1.29, 1.82) is 0 Å². The van der Waals surface area contributed by atoms with Crippen molar-refractivity contribution in [1.82, 2.24) is 0 Å². The molecular weight excluding hydrogens is 172 g/mol. The fraction of sp³-hybridized carbons (Fsp3) is 1.00. The number of hydrogen-bond donors (Lipinski definition) is 2. The number of hydrogen-bond acceptors (Lipinski definition) is 8. The van der Waals surface area contributed by atoms with Gasteiger partial charge < -0.3 is 0 Å². The first-order chi connectivity index (χ1) is 4.41. The molecule has 0 aromatic heterocycles. The zero-order chi connectivity index (χ0) is 6.95. The van der Waals surface area contributed by atoms with Crippen LogP contribution in [-0.4, -0.2) is 6.79 Å². The van der Waals surface area contributed by atoms with Crippen LogP contribution in [0.2, 0.25) is 0 Å². The summed E-state index contributed by atoms with van der Waals surface area (Å²) in [6.07, 6.45) is 0. The highest BCUT2D eigenvalue weighted by atomic mass is 32.1. The van der Waals surface area contributed by atoms with Gasteiger partial charge in [0.2, 0.25) is 6.79 Å². The summed E-state index contributed by atoms with van der Waals surface area (Å²) in [5, 5.41) is 7.52. The van der Waals surface area contributed by atoms with E-state index in [4.69, 9.17) is 0 Å². The molecular formula is CH4O6S2. The third kappa shape index (κ3) is 8.46. The highest BCUT2D eigenvalue weighted by Crippen LogP contribution is 1.87. The van der Waals surface area contributed by atoms with Crippen molar-refractivity contribution in [3.05, 3.63) is 0 Å². The van der Waals surface area contributed by atoms with E-state index in [1.54, 1.807) is 0 Å². The lowest BCUT2D eigenvalue weighted by Crippen LogP contribution is -1.98. The lowest BCUT2D eigenvalue weighted by atomic mass is 11.5. The minimum Gasteiger partial charge on any atom is -0.173 e. The van der Waals surface area contributed by atoms with Crippen LogP contribution in [0.15, 0.2) is 0 Å². The molecule has 0 radical (unpaired) electrons. The molecule has 0 amide bonds. The fourth-order valence-electron chi connectivity index (χ4n) is 0.102. The van der Waals surface area contributed by atoms with E-state index in [9.17, 15) is 0 Å². The van der Waals surface area contributed by atoms with Crippen LogP contribution in [0.1, 0.15) is 0 Å². The van der Waals surface area contributed by atoms with Crippen LogP contribution < -0.4 is 0 Å². The van der Waals surface area contributed by atoms with Crippen LogP contribution in [0, 0.1) is 0 Å². The summed E-state index contributed by atoms with van der Waals surface area (Å²) in [4.78, 5) is 8.05. The Morgan fingerprint density at radius 1 is 0.889 bits per heavy atom. The van der Waals surface area contributed by atoms with E-state index in [1.807, 2.05) is 0 Å². The van der Waals surface area contributed by atoms with Gasteiger partial charge in [-0.1, -0.05) is 10.1 Å². The standard InChI is InChI=1S/CH4O6S2/c8-6-4-2-1-3-5-7-9/h8-9H,1H2. The Morgan fingerprint density at radius 3 is 1.67 bits per heavy atom. The van der Waals surface area contributed by atoms with Gasteiger partial charge in [-0.05, 0) is 0 Å². The average molecular weight is 176 g/mol. The predicted molar refractivity (Wildman–Crippen MR) is 29.3 cm³/mol. The fourth-order valence-corrected chi connectivity index (χ4v) is 0.188.